The lowest BCUT2D eigenvalue weighted by Crippen LogP contribution is -2.47. The number of benzene rings is 1. The molecule has 1 aromatic rings. The van der Waals surface area contributed by atoms with Gasteiger partial charge in [-0.05, 0) is 38.0 Å². The fourth-order valence-corrected chi connectivity index (χ4v) is 2.75. The van der Waals surface area contributed by atoms with Crippen LogP contribution in [-0.2, 0) is 0 Å². The Labute approximate surface area is 124 Å². The second-order valence-electron chi connectivity index (χ2n) is 5.73. The Morgan fingerprint density at radius 2 is 2.10 bits per heavy atom. The van der Waals surface area contributed by atoms with Crippen molar-refractivity contribution >= 4 is 5.91 Å². The largest absolute Gasteiger partial charge is 0.384 e. The fourth-order valence-electron chi connectivity index (χ4n) is 2.75. The van der Waals surface area contributed by atoms with Gasteiger partial charge in [-0.15, -0.1) is 0 Å². The van der Waals surface area contributed by atoms with Crippen LogP contribution in [0.2, 0.25) is 0 Å². The van der Waals surface area contributed by atoms with Gasteiger partial charge in [0, 0.05) is 11.1 Å². The average molecular weight is 289 g/mol. The Bertz CT molecular complexity index is 580. The highest BCUT2D eigenvalue weighted by atomic mass is 19.1. The minimum atomic E-state index is -0.469. The number of amides is 1. The third-order valence-electron chi connectivity index (χ3n) is 3.90. The van der Waals surface area contributed by atoms with Gasteiger partial charge in [0.2, 0.25) is 0 Å². The minimum Gasteiger partial charge on any atom is -0.384 e. The van der Waals surface area contributed by atoms with E-state index in [-0.39, 0.29) is 23.6 Å². The molecule has 0 radical (unpaired) electrons. The molecule has 0 bridgehead atoms. The van der Waals surface area contributed by atoms with E-state index in [0.717, 1.165) is 25.7 Å². The molecule has 1 saturated carbocycles. The number of rotatable bonds is 2. The summed E-state index contributed by atoms with van der Waals surface area (Å²) in [7, 11) is 0. The van der Waals surface area contributed by atoms with Gasteiger partial charge in [-0.3, -0.25) is 4.79 Å². The number of aliphatic hydroxyl groups is 1. The van der Waals surface area contributed by atoms with Gasteiger partial charge in [0.25, 0.3) is 5.91 Å². The lowest BCUT2D eigenvalue weighted by molar-refractivity contribution is 0.0882. The van der Waals surface area contributed by atoms with Crippen molar-refractivity contribution in [1.29, 1.82) is 0 Å². The van der Waals surface area contributed by atoms with Gasteiger partial charge in [-0.25, -0.2) is 4.39 Å². The number of carbonyl (C=O) groups excluding carboxylic acids is 1. The van der Waals surface area contributed by atoms with E-state index in [1.807, 2.05) is 6.92 Å². The molecule has 0 unspecified atom stereocenters. The van der Waals surface area contributed by atoms with Crippen LogP contribution in [0.3, 0.4) is 0 Å². The zero-order valence-corrected chi connectivity index (χ0v) is 12.2. The Balaban J connectivity index is 2.23. The van der Waals surface area contributed by atoms with Crippen LogP contribution in [0.5, 0.6) is 0 Å². The molecule has 1 fully saturated rings. The zero-order chi connectivity index (χ0) is 15.3. The van der Waals surface area contributed by atoms with Crippen LogP contribution in [0.25, 0.3) is 0 Å². The monoisotopic (exact) mass is 289 g/mol. The van der Waals surface area contributed by atoms with Crippen molar-refractivity contribution in [2.24, 2.45) is 0 Å². The minimum absolute atomic E-state index is 0.225. The first-order valence-corrected chi connectivity index (χ1v) is 7.26. The van der Waals surface area contributed by atoms with Crippen LogP contribution < -0.4 is 5.32 Å². The highest BCUT2D eigenvalue weighted by Crippen LogP contribution is 2.28. The fraction of sp³-hybridized carbons (Fsp3) is 0.471. The van der Waals surface area contributed by atoms with Crippen LogP contribution >= 0.6 is 0 Å². The van der Waals surface area contributed by atoms with Gasteiger partial charge in [0.05, 0.1) is 5.56 Å². The van der Waals surface area contributed by atoms with Crippen molar-refractivity contribution in [2.75, 3.05) is 6.61 Å². The maximum absolute atomic E-state index is 13.4. The second kappa shape index (κ2) is 6.73. The number of hydrogen-bond donors (Lipinski definition) is 2. The molecule has 0 aromatic heterocycles. The van der Waals surface area contributed by atoms with E-state index in [0.29, 0.717) is 5.56 Å². The summed E-state index contributed by atoms with van der Waals surface area (Å²) in [6, 6.07) is 3.93. The number of halogens is 1. The molecule has 21 heavy (non-hydrogen) atoms. The predicted molar refractivity (Wildman–Crippen MR) is 79.3 cm³/mol. The molecule has 112 valence electrons. The molecule has 1 aliphatic carbocycles. The molecular formula is C17H20FNO2. The highest BCUT2D eigenvalue weighted by molar-refractivity contribution is 5.97. The normalized spacial score (nSPS) is 16.7. The van der Waals surface area contributed by atoms with Crippen molar-refractivity contribution in [3.8, 4) is 11.8 Å². The first-order chi connectivity index (χ1) is 10.0. The second-order valence-corrected chi connectivity index (χ2v) is 5.73. The maximum atomic E-state index is 13.4. The summed E-state index contributed by atoms with van der Waals surface area (Å²) in [6.07, 6.45) is 5.25. The standard InChI is InChI=1S/C17H20FNO2/c1-17(9-3-2-4-10-17)19-16(21)15-12-14(18)8-7-13(15)6-5-11-20/h7-8,12,20H,2-4,9-11H2,1H3,(H,19,21). The molecule has 1 aromatic carbocycles. The molecule has 0 aliphatic heterocycles. The highest BCUT2D eigenvalue weighted by Gasteiger charge is 2.29. The molecule has 0 heterocycles. The topological polar surface area (TPSA) is 49.3 Å². The number of aliphatic hydroxyl groups excluding tert-OH is 1. The van der Waals surface area contributed by atoms with Crippen LogP contribution in [0, 0.1) is 17.7 Å². The molecule has 0 saturated heterocycles. The lowest BCUT2D eigenvalue weighted by atomic mass is 9.83. The van der Waals surface area contributed by atoms with Gasteiger partial charge in [0.1, 0.15) is 12.4 Å². The number of nitrogens with one attached hydrogen (secondary N) is 1. The zero-order valence-electron chi connectivity index (χ0n) is 12.2. The summed E-state index contributed by atoms with van der Waals surface area (Å²) in [6.45, 7) is 1.73. The smallest absolute Gasteiger partial charge is 0.253 e. The van der Waals surface area contributed by atoms with Gasteiger partial charge < -0.3 is 10.4 Å². The van der Waals surface area contributed by atoms with Gasteiger partial charge in [0.15, 0.2) is 0 Å². The lowest BCUT2D eigenvalue weighted by Gasteiger charge is -2.34. The Hall–Kier alpha value is -1.86. The molecule has 0 spiro atoms. The molecule has 2 N–H and O–H groups in total. The Kier molecular flexibility index (Phi) is 4.98. The summed E-state index contributed by atoms with van der Waals surface area (Å²) in [5, 5.41) is 11.8. The van der Waals surface area contributed by atoms with Crippen molar-refractivity contribution < 1.29 is 14.3 Å². The molecule has 3 nitrogen and oxygen atoms in total. The summed E-state index contributed by atoms with van der Waals surface area (Å²) in [4.78, 5) is 12.4. The third kappa shape index (κ3) is 4.05. The van der Waals surface area contributed by atoms with Crippen LogP contribution in [-0.4, -0.2) is 23.2 Å². The summed E-state index contributed by atoms with van der Waals surface area (Å²) in [5.41, 5.74) is 0.425. The van der Waals surface area contributed by atoms with Crippen molar-refractivity contribution in [3.63, 3.8) is 0 Å². The van der Waals surface area contributed by atoms with Crippen molar-refractivity contribution in [1.82, 2.24) is 5.32 Å². The molecule has 1 amide bonds. The van der Waals surface area contributed by atoms with Crippen molar-refractivity contribution in [3.05, 3.63) is 35.1 Å². The maximum Gasteiger partial charge on any atom is 0.253 e. The van der Waals surface area contributed by atoms with Gasteiger partial charge in [-0.1, -0.05) is 31.1 Å². The van der Waals surface area contributed by atoms with E-state index < -0.39 is 5.82 Å². The Morgan fingerprint density at radius 3 is 2.76 bits per heavy atom. The van der Waals surface area contributed by atoms with E-state index in [9.17, 15) is 9.18 Å². The van der Waals surface area contributed by atoms with E-state index in [2.05, 4.69) is 17.2 Å². The molecular weight excluding hydrogens is 269 g/mol. The van der Waals surface area contributed by atoms with E-state index in [4.69, 9.17) is 5.11 Å². The first-order valence-electron chi connectivity index (χ1n) is 7.26. The van der Waals surface area contributed by atoms with Crippen LogP contribution in [0.15, 0.2) is 18.2 Å². The summed E-state index contributed by atoms with van der Waals surface area (Å²) < 4.78 is 13.4. The molecule has 1 aliphatic rings. The quantitative estimate of drug-likeness (QED) is 0.822. The van der Waals surface area contributed by atoms with Crippen LogP contribution in [0.1, 0.15) is 54.9 Å². The predicted octanol–water partition coefficient (Wildman–Crippen LogP) is 2.62. The SMILES string of the molecule is CC1(NC(=O)c2cc(F)ccc2C#CCO)CCCCC1. The van der Waals surface area contributed by atoms with E-state index in [1.54, 1.807) is 0 Å². The molecule has 2 rings (SSSR count). The van der Waals surface area contributed by atoms with Gasteiger partial charge >= 0.3 is 0 Å². The van der Waals surface area contributed by atoms with E-state index >= 15 is 0 Å². The first kappa shape index (κ1) is 15.5. The van der Waals surface area contributed by atoms with Crippen molar-refractivity contribution in [2.45, 2.75) is 44.6 Å². The molecule has 0 atom stereocenters. The average Bonchev–Trinajstić information content (AvgIpc) is 2.46. The van der Waals surface area contributed by atoms with Crippen LogP contribution in [0.4, 0.5) is 4.39 Å². The summed E-state index contributed by atoms with van der Waals surface area (Å²) >= 11 is 0. The Morgan fingerprint density at radius 1 is 1.38 bits per heavy atom. The van der Waals surface area contributed by atoms with Gasteiger partial charge in [-0.2, -0.15) is 0 Å². The van der Waals surface area contributed by atoms with E-state index in [1.165, 1.54) is 24.6 Å². The molecule has 4 heteroatoms. The number of carbonyl (C=O) groups is 1. The third-order valence-corrected chi connectivity index (χ3v) is 3.90. The number of hydrogen-bond acceptors (Lipinski definition) is 2. The summed E-state index contributed by atoms with van der Waals surface area (Å²) in [5.74, 6) is 4.42.